The second-order valence-electron chi connectivity index (χ2n) is 4.34. The Bertz CT molecular complexity index is 695. The highest BCUT2D eigenvalue weighted by molar-refractivity contribution is 5.95. The second kappa shape index (κ2) is 6.53. The quantitative estimate of drug-likeness (QED) is 0.938. The van der Waals surface area contributed by atoms with E-state index in [4.69, 9.17) is 10.00 Å². The summed E-state index contributed by atoms with van der Waals surface area (Å²) in [5, 5.41) is 11.6. The van der Waals surface area contributed by atoms with Gasteiger partial charge in [-0.05, 0) is 31.2 Å². The summed E-state index contributed by atoms with van der Waals surface area (Å²) in [5.41, 5.74) is 0.748. The number of hydrogen-bond donors (Lipinski definition) is 1. The van der Waals surface area contributed by atoms with Crippen molar-refractivity contribution in [2.24, 2.45) is 0 Å². The summed E-state index contributed by atoms with van der Waals surface area (Å²) in [6.07, 6.45) is -0.895. The molecule has 2 aromatic rings. The van der Waals surface area contributed by atoms with Gasteiger partial charge in [0.05, 0.1) is 11.3 Å². The van der Waals surface area contributed by atoms with E-state index in [1.807, 2.05) is 6.07 Å². The molecule has 106 valence electrons. The SMILES string of the molecule is C[C@H](Oc1ccccc1F)C(=O)Nc1ccccc1C#N. The highest BCUT2D eigenvalue weighted by atomic mass is 19.1. The lowest BCUT2D eigenvalue weighted by atomic mass is 10.2. The number of ether oxygens (including phenoxy) is 1. The van der Waals surface area contributed by atoms with Gasteiger partial charge in [-0.25, -0.2) is 4.39 Å². The number of nitrogens with one attached hydrogen (secondary N) is 1. The molecule has 0 radical (unpaired) electrons. The van der Waals surface area contributed by atoms with Crippen LogP contribution in [0.15, 0.2) is 48.5 Å². The topological polar surface area (TPSA) is 62.1 Å². The summed E-state index contributed by atoms with van der Waals surface area (Å²) < 4.78 is 18.7. The molecular weight excluding hydrogens is 271 g/mol. The Morgan fingerprint density at radius 3 is 2.62 bits per heavy atom. The van der Waals surface area contributed by atoms with E-state index in [0.29, 0.717) is 11.3 Å². The normalized spacial score (nSPS) is 11.3. The molecule has 0 fully saturated rings. The van der Waals surface area contributed by atoms with Crippen LogP contribution in [-0.4, -0.2) is 12.0 Å². The minimum absolute atomic E-state index is 0.00807. The highest BCUT2D eigenvalue weighted by Crippen LogP contribution is 2.18. The van der Waals surface area contributed by atoms with Gasteiger partial charge < -0.3 is 10.1 Å². The van der Waals surface area contributed by atoms with E-state index in [-0.39, 0.29) is 5.75 Å². The van der Waals surface area contributed by atoms with Gasteiger partial charge in [-0.2, -0.15) is 5.26 Å². The molecule has 0 saturated carbocycles. The van der Waals surface area contributed by atoms with Gasteiger partial charge in [0.1, 0.15) is 6.07 Å². The fourth-order valence-corrected chi connectivity index (χ4v) is 1.71. The number of benzene rings is 2. The first-order valence-corrected chi connectivity index (χ1v) is 6.33. The van der Waals surface area contributed by atoms with E-state index in [0.717, 1.165) is 0 Å². The monoisotopic (exact) mass is 284 g/mol. The van der Waals surface area contributed by atoms with Crippen molar-refractivity contribution in [2.75, 3.05) is 5.32 Å². The number of rotatable bonds is 4. The second-order valence-corrected chi connectivity index (χ2v) is 4.34. The fraction of sp³-hybridized carbons (Fsp3) is 0.125. The number of nitriles is 1. The van der Waals surface area contributed by atoms with Gasteiger partial charge in [-0.15, -0.1) is 0 Å². The van der Waals surface area contributed by atoms with Gasteiger partial charge in [0.15, 0.2) is 17.7 Å². The Kier molecular flexibility index (Phi) is 4.52. The summed E-state index contributed by atoms with van der Waals surface area (Å²) in [6.45, 7) is 1.51. The van der Waals surface area contributed by atoms with Crippen LogP contribution in [-0.2, 0) is 4.79 Å². The van der Waals surface area contributed by atoms with Crippen LogP contribution >= 0.6 is 0 Å². The highest BCUT2D eigenvalue weighted by Gasteiger charge is 2.17. The molecule has 0 saturated heterocycles. The zero-order valence-corrected chi connectivity index (χ0v) is 11.3. The lowest BCUT2D eigenvalue weighted by Crippen LogP contribution is -2.30. The minimum Gasteiger partial charge on any atom is -0.478 e. The molecule has 0 heterocycles. The molecule has 0 bridgehead atoms. The summed E-state index contributed by atoms with van der Waals surface area (Å²) in [7, 11) is 0. The number of nitrogens with zero attached hydrogens (tertiary/aromatic N) is 1. The van der Waals surface area contributed by atoms with Crippen LogP contribution in [0.3, 0.4) is 0 Å². The van der Waals surface area contributed by atoms with Gasteiger partial charge in [0.25, 0.3) is 5.91 Å². The molecular formula is C16H13FN2O2. The summed E-state index contributed by atoms with van der Waals surface area (Å²) in [6, 6.07) is 14.5. The van der Waals surface area contributed by atoms with Crippen molar-refractivity contribution in [1.82, 2.24) is 0 Å². The smallest absolute Gasteiger partial charge is 0.265 e. The standard InChI is InChI=1S/C16H13FN2O2/c1-11(21-15-9-5-3-7-13(15)17)16(20)19-14-8-4-2-6-12(14)10-18/h2-9,11H,1H3,(H,19,20)/t11-/m0/s1. The molecule has 0 aliphatic rings. The van der Waals surface area contributed by atoms with Crippen LogP contribution in [0.4, 0.5) is 10.1 Å². The first-order chi connectivity index (χ1) is 10.1. The molecule has 1 atom stereocenters. The molecule has 0 unspecified atom stereocenters. The number of hydrogen-bond acceptors (Lipinski definition) is 3. The van der Waals surface area contributed by atoms with E-state index >= 15 is 0 Å². The zero-order valence-electron chi connectivity index (χ0n) is 11.3. The molecule has 1 amide bonds. The maximum Gasteiger partial charge on any atom is 0.265 e. The van der Waals surface area contributed by atoms with E-state index in [1.165, 1.54) is 25.1 Å². The maximum atomic E-state index is 13.5. The van der Waals surface area contributed by atoms with Gasteiger partial charge in [-0.3, -0.25) is 4.79 Å². The fourth-order valence-electron chi connectivity index (χ4n) is 1.71. The number of carbonyl (C=O) groups excluding carboxylic acids is 1. The first kappa shape index (κ1) is 14.5. The summed E-state index contributed by atoms with van der Waals surface area (Å²) >= 11 is 0. The van der Waals surface area contributed by atoms with Crippen LogP contribution in [0.25, 0.3) is 0 Å². The molecule has 0 aromatic heterocycles. The molecule has 0 aliphatic heterocycles. The zero-order chi connectivity index (χ0) is 15.2. The number of halogens is 1. The van der Waals surface area contributed by atoms with Crippen LogP contribution in [0.1, 0.15) is 12.5 Å². The third kappa shape index (κ3) is 3.57. The molecule has 0 spiro atoms. The van der Waals surface area contributed by atoms with Gasteiger partial charge >= 0.3 is 0 Å². The molecule has 21 heavy (non-hydrogen) atoms. The molecule has 5 heteroatoms. The predicted octanol–water partition coefficient (Wildman–Crippen LogP) is 3.10. The van der Waals surface area contributed by atoms with Crippen molar-refractivity contribution >= 4 is 11.6 Å². The lowest BCUT2D eigenvalue weighted by molar-refractivity contribution is -0.122. The maximum absolute atomic E-state index is 13.5. The van der Waals surface area contributed by atoms with Crippen molar-refractivity contribution in [3.05, 3.63) is 59.9 Å². The average molecular weight is 284 g/mol. The predicted molar refractivity (Wildman–Crippen MR) is 76.3 cm³/mol. The van der Waals surface area contributed by atoms with Crippen molar-refractivity contribution in [1.29, 1.82) is 5.26 Å². The van der Waals surface area contributed by atoms with Crippen LogP contribution in [0.2, 0.25) is 0 Å². The molecule has 2 rings (SSSR count). The Hall–Kier alpha value is -2.87. The van der Waals surface area contributed by atoms with E-state index < -0.39 is 17.8 Å². The lowest BCUT2D eigenvalue weighted by Gasteiger charge is -2.15. The van der Waals surface area contributed by atoms with Crippen molar-refractivity contribution in [3.63, 3.8) is 0 Å². The van der Waals surface area contributed by atoms with E-state index in [9.17, 15) is 9.18 Å². The molecule has 2 aromatic carbocycles. The Morgan fingerprint density at radius 1 is 1.24 bits per heavy atom. The Labute approximate surface area is 121 Å². The van der Waals surface area contributed by atoms with Crippen molar-refractivity contribution < 1.29 is 13.9 Å². The number of para-hydroxylation sites is 2. The van der Waals surface area contributed by atoms with Gasteiger partial charge in [0.2, 0.25) is 0 Å². The summed E-state index contributed by atoms with van der Waals surface area (Å²) in [4.78, 5) is 12.0. The van der Waals surface area contributed by atoms with Crippen molar-refractivity contribution in [2.45, 2.75) is 13.0 Å². The average Bonchev–Trinajstić information content (AvgIpc) is 2.50. The minimum atomic E-state index is -0.895. The number of carbonyl (C=O) groups is 1. The third-order valence-corrected chi connectivity index (χ3v) is 2.82. The summed E-state index contributed by atoms with van der Waals surface area (Å²) in [5.74, 6) is -0.982. The number of anilines is 1. The molecule has 1 N–H and O–H groups in total. The first-order valence-electron chi connectivity index (χ1n) is 6.33. The number of amides is 1. The van der Waals surface area contributed by atoms with Crippen LogP contribution < -0.4 is 10.1 Å². The Balaban J connectivity index is 2.07. The van der Waals surface area contributed by atoms with Gasteiger partial charge in [0, 0.05) is 0 Å². The van der Waals surface area contributed by atoms with E-state index in [2.05, 4.69) is 5.32 Å². The van der Waals surface area contributed by atoms with Gasteiger partial charge in [-0.1, -0.05) is 24.3 Å². The van der Waals surface area contributed by atoms with E-state index in [1.54, 1.807) is 30.3 Å². The molecule has 0 aliphatic carbocycles. The Morgan fingerprint density at radius 2 is 1.90 bits per heavy atom. The molecule has 4 nitrogen and oxygen atoms in total. The van der Waals surface area contributed by atoms with Crippen LogP contribution in [0.5, 0.6) is 5.75 Å². The van der Waals surface area contributed by atoms with Crippen molar-refractivity contribution in [3.8, 4) is 11.8 Å². The third-order valence-electron chi connectivity index (χ3n) is 2.82. The largest absolute Gasteiger partial charge is 0.478 e. The van der Waals surface area contributed by atoms with Crippen LogP contribution in [0, 0.1) is 17.1 Å².